The van der Waals surface area contributed by atoms with Gasteiger partial charge < -0.3 is 5.32 Å². The summed E-state index contributed by atoms with van der Waals surface area (Å²) in [6, 6.07) is 11.5. The second-order valence-electron chi connectivity index (χ2n) is 6.21. The molecule has 0 radical (unpaired) electrons. The predicted octanol–water partition coefficient (Wildman–Crippen LogP) is 0.490. The summed E-state index contributed by atoms with van der Waals surface area (Å²) in [4.78, 5) is 39.5. The normalized spacial score (nSPS) is 15.8. The van der Waals surface area contributed by atoms with Gasteiger partial charge in [0.1, 0.15) is 6.54 Å². The maximum atomic E-state index is 12.2. The Labute approximate surface area is 145 Å². The highest BCUT2D eigenvalue weighted by molar-refractivity contribution is 5.75. The van der Waals surface area contributed by atoms with E-state index < -0.39 is 11.2 Å². The molecule has 0 spiro atoms. The second-order valence-corrected chi connectivity index (χ2v) is 6.21. The Morgan fingerprint density at radius 2 is 1.84 bits per heavy atom. The van der Waals surface area contributed by atoms with E-state index >= 15 is 0 Å². The predicted molar refractivity (Wildman–Crippen MR) is 94.3 cm³/mol. The molecule has 2 heterocycles. The molecule has 0 aliphatic carbocycles. The lowest BCUT2D eigenvalue weighted by Crippen LogP contribution is -2.40. The van der Waals surface area contributed by atoms with E-state index in [0.29, 0.717) is 6.54 Å². The largest absolute Gasteiger partial charge is 0.353 e. The van der Waals surface area contributed by atoms with Crippen LogP contribution in [-0.4, -0.2) is 40.0 Å². The van der Waals surface area contributed by atoms with E-state index in [-0.39, 0.29) is 18.5 Å². The summed E-state index contributed by atoms with van der Waals surface area (Å²) in [5, 5.41) is 2.92. The van der Waals surface area contributed by atoms with Gasteiger partial charge in [0, 0.05) is 18.8 Å². The highest BCUT2D eigenvalue weighted by atomic mass is 16.2. The van der Waals surface area contributed by atoms with Gasteiger partial charge in [0.15, 0.2) is 0 Å². The maximum Gasteiger partial charge on any atom is 0.328 e. The molecule has 1 aliphatic rings. The topological polar surface area (TPSA) is 87.2 Å². The van der Waals surface area contributed by atoms with Crippen molar-refractivity contribution in [2.45, 2.75) is 25.4 Å². The van der Waals surface area contributed by atoms with E-state index in [1.807, 2.05) is 18.2 Å². The first-order valence-electron chi connectivity index (χ1n) is 8.49. The van der Waals surface area contributed by atoms with E-state index in [9.17, 15) is 14.4 Å². The lowest BCUT2D eigenvalue weighted by Gasteiger charge is -2.28. The number of hydrogen-bond acceptors (Lipinski definition) is 4. The molecule has 1 fully saturated rings. The van der Waals surface area contributed by atoms with Crippen molar-refractivity contribution < 1.29 is 4.79 Å². The number of benzene rings is 1. The molecule has 25 heavy (non-hydrogen) atoms. The summed E-state index contributed by atoms with van der Waals surface area (Å²) in [6.07, 6.45) is 3.67. The molecule has 132 valence electrons. The van der Waals surface area contributed by atoms with Gasteiger partial charge in [-0.2, -0.15) is 0 Å². The Morgan fingerprint density at radius 3 is 2.52 bits per heavy atom. The maximum absolute atomic E-state index is 12.2. The zero-order valence-electron chi connectivity index (χ0n) is 14.0. The van der Waals surface area contributed by atoms with Crippen molar-refractivity contribution in [3.63, 3.8) is 0 Å². The highest BCUT2D eigenvalue weighted by Crippen LogP contribution is 2.24. The van der Waals surface area contributed by atoms with Gasteiger partial charge >= 0.3 is 5.69 Å². The number of carbonyl (C=O) groups is 1. The number of amides is 1. The minimum Gasteiger partial charge on any atom is -0.353 e. The van der Waals surface area contributed by atoms with Crippen molar-refractivity contribution in [3.8, 4) is 0 Å². The number of hydrogen-bond donors (Lipinski definition) is 2. The zero-order valence-corrected chi connectivity index (χ0v) is 14.0. The summed E-state index contributed by atoms with van der Waals surface area (Å²) in [6.45, 7) is 2.42. The molecule has 7 nitrogen and oxygen atoms in total. The van der Waals surface area contributed by atoms with Crippen LogP contribution in [0.4, 0.5) is 0 Å². The summed E-state index contributed by atoms with van der Waals surface area (Å²) in [5.74, 6) is -0.255. The van der Waals surface area contributed by atoms with Crippen LogP contribution in [0.5, 0.6) is 0 Å². The summed E-state index contributed by atoms with van der Waals surface area (Å²) in [7, 11) is 0. The lowest BCUT2D eigenvalue weighted by molar-refractivity contribution is -0.122. The van der Waals surface area contributed by atoms with E-state index in [0.717, 1.165) is 13.1 Å². The fraction of sp³-hybridized carbons (Fsp3) is 0.389. The Balaban J connectivity index is 1.65. The molecular weight excluding hydrogens is 320 g/mol. The molecule has 1 saturated heterocycles. The quantitative estimate of drug-likeness (QED) is 0.800. The Kier molecular flexibility index (Phi) is 5.45. The summed E-state index contributed by atoms with van der Waals surface area (Å²) in [5.41, 5.74) is 0.118. The van der Waals surface area contributed by atoms with Gasteiger partial charge in [-0.05, 0) is 31.5 Å². The van der Waals surface area contributed by atoms with Crippen LogP contribution in [-0.2, 0) is 11.3 Å². The third-order valence-electron chi connectivity index (χ3n) is 4.47. The third-order valence-corrected chi connectivity index (χ3v) is 4.47. The van der Waals surface area contributed by atoms with Crippen LogP contribution in [0.2, 0.25) is 0 Å². The number of carbonyl (C=O) groups excluding carboxylic acids is 1. The highest BCUT2D eigenvalue weighted by Gasteiger charge is 2.23. The summed E-state index contributed by atoms with van der Waals surface area (Å²) < 4.78 is 1.18. The van der Waals surface area contributed by atoms with E-state index in [1.54, 1.807) is 0 Å². The van der Waals surface area contributed by atoms with Gasteiger partial charge in [-0.25, -0.2) is 4.79 Å². The number of nitrogens with one attached hydrogen (secondary N) is 2. The van der Waals surface area contributed by atoms with Gasteiger partial charge in [0.2, 0.25) is 5.91 Å². The molecule has 0 unspecified atom stereocenters. The van der Waals surface area contributed by atoms with E-state index in [1.165, 1.54) is 35.2 Å². The first-order valence-corrected chi connectivity index (χ1v) is 8.49. The van der Waals surface area contributed by atoms with Crippen molar-refractivity contribution in [3.05, 3.63) is 69.0 Å². The Bertz CT molecular complexity index is 822. The summed E-state index contributed by atoms with van der Waals surface area (Å²) >= 11 is 0. The molecule has 1 amide bonds. The van der Waals surface area contributed by atoms with Crippen LogP contribution in [0.3, 0.4) is 0 Å². The van der Waals surface area contributed by atoms with Crippen LogP contribution in [0.1, 0.15) is 24.4 Å². The smallest absolute Gasteiger partial charge is 0.328 e. The third kappa shape index (κ3) is 4.45. The number of H-pyrrole nitrogens is 1. The fourth-order valence-electron chi connectivity index (χ4n) is 3.18. The molecule has 7 heteroatoms. The number of nitrogens with zero attached hydrogens (tertiary/aromatic N) is 2. The SMILES string of the molecule is O=C(Cn1ccc(=O)[nH]c1=O)NC[C@@H](c1ccccc1)N1CCCC1. The van der Waals surface area contributed by atoms with E-state index in [4.69, 9.17) is 0 Å². The first-order chi connectivity index (χ1) is 12.1. The lowest BCUT2D eigenvalue weighted by atomic mass is 10.1. The van der Waals surface area contributed by atoms with Gasteiger partial charge in [0.05, 0.1) is 6.04 Å². The number of aromatic nitrogens is 2. The fourth-order valence-corrected chi connectivity index (χ4v) is 3.18. The monoisotopic (exact) mass is 342 g/mol. The van der Waals surface area contributed by atoms with Gasteiger partial charge in [-0.3, -0.25) is 24.0 Å². The van der Waals surface area contributed by atoms with Crippen LogP contribution < -0.4 is 16.6 Å². The van der Waals surface area contributed by atoms with Gasteiger partial charge in [-0.1, -0.05) is 30.3 Å². The molecule has 3 rings (SSSR count). The van der Waals surface area contributed by atoms with Gasteiger partial charge in [-0.15, -0.1) is 0 Å². The minimum absolute atomic E-state index is 0.114. The van der Waals surface area contributed by atoms with Crippen LogP contribution in [0, 0.1) is 0 Å². The molecule has 1 aliphatic heterocycles. The second kappa shape index (κ2) is 7.94. The van der Waals surface area contributed by atoms with Crippen LogP contribution >= 0.6 is 0 Å². The molecule has 2 aromatic rings. The van der Waals surface area contributed by atoms with Crippen LogP contribution in [0.15, 0.2) is 52.2 Å². The number of rotatable bonds is 6. The van der Waals surface area contributed by atoms with Crippen molar-refractivity contribution in [2.24, 2.45) is 0 Å². The molecule has 2 N–H and O–H groups in total. The average molecular weight is 342 g/mol. The van der Waals surface area contributed by atoms with Gasteiger partial charge in [0.25, 0.3) is 5.56 Å². The van der Waals surface area contributed by atoms with Crippen LogP contribution in [0.25, 0.3) is 0 Å². The van der Waals surface area contributed by atoms with Crippen molar-refractivity contribution in [2.75, 3.05) is 19.6 Å². The molecular formula is C18H22N4O3. The van der Waals surface area contributed by atoms with Crippen molar-refractivity contribution in [1.29, 1.82) is 0 Å². The minimum atomic E-state index is -0.582. The molecule has 1 aromatic heterocycles. The van der Waals surface area contributed by atoms with E-state index in [2.05, 4.69) is 27.3 Å². The zero-order chi connectivity index (χ0) is 17.6. The Hall–Kier alpha value is -2.67. The number of likely N-dealkylation sites (tertiary alicyclic amines) is 1. The average Bonchev–Trinajstić information content (AvgIpc) is 3.13. The standard InChI is InChI=1S/C18H22N4O3/c23-16-8-11-22(18(25)20-16)13-17(24)19-12-15(21-9-4-5-10-21)14-6-2-1-3-7-14/h1-3,6-8,11,15H,4-5,9-10,12-13H2,(H,19,24)(H,20,23,25)/t15-/m0/s1. The molecule has 1 aromatic carbocycles. The molecule has 0 bridgehead atoms. The molecule has 0 saturated carbocycles. The number of aromatic amines is 1. The molecule has 1 atom stereocenters. The van der Waals surface area contributed by atoms with Crippen molar-refractivity contribution in [1.82, 2.24) is 19.8 Å². The first kappa shape index (κ1) is 17.2. The Morgan fingerprint density at radius 1 is 1.12 bits per heavy atom. The van der Waals surface area contributed by atoms with Crippen molar-refractivity contribution >= 4 is 5.91 Å².